The monoisotopic (exact) mass is 403 g/mol. The molecule has 1 amide bonds. The van der Waals surface area contributed by atoms with Crippen LogP contribution in [0.25, 0.3) is 11.5 Å². The van der Waals surface area contributed by atoms with E-state index in [0.717, 1.165) is 0 Å². The van der Waals surface area contributed by atoms with Gasteiger partial charge in [-0.25, -0.2) is 15.0 Å². The maximum Gasteiger partial charge on any atom is 0.275 e. The summed E-state index contributed by atoms with van der Waals surface area (Å²) in [7, 11) is 0. The number of halogens is 2. The molecule has 0 saturated carbocycles. The number of benzene rings is 1. The van der Waals surface area contributed by atoms with Crippen LogP contribution in [0.2, 0.25) is 10.0 Å². The van der Waals surface area contributed by atoms with Crippen molar-refractivity contribution in [3.8, 4) is 11.5 Å². The van der Waals surface area contributed by atoms with E-state index >= 15 is 0 Å². The highest BCUT2D eigenvalue weighted by Crippen LogP contribution is 2.28. The Bertz CT molecular complexity index is 955. The number of carbonyl (C=O) groups excluding carboxylic acids is 1. The minimum atomic E-state index is -0.168. The van der Waals surface area contributed by atoms with Gasteiger partial charge in [-0.1, -0.05) is 23.2 Å². The fourth-order valence-corrected chi connectivity index (χ4v) is 3.16. The summed E-state index contributed by atoms with van der Waals surface area (Å²) >= 11 is 12.0. The van der Waals surface area contributed by atoms with Gasteiger partial charge in [-0.15, -0.1) is 0 Å². The Morgan fingerprint density at radius 3 is 2.48 bits per heavy atom. The van der Waals surface area contributed by atoms with Gasteiger partial charge in [0, 0.05) is 44.1 Å². The maximum absolute atomic E-state index is 12.7. The molecule has 9 heteroatoms. The summed E-state index contributed by atoms with van der Waals surface area (Å²) in [6.07, 6.45) is 4.78. The Hall–Kier alpha value is -2.64. The Balaban J connectivity index is 1.43. The average Bonchev–Trinajstić information content (AvgIpc) is 3.20. The summed E-state index contributed by atoms with van der Waals surface area (Å²) < 4.78 is 5.46. The highest BCUT2D eigenvalue weighted by atomic mass is 35.5. The summed E-state index contributed by atoms with van der Waals surface area (Å²) in [5.41, 5.74) is 0.926. The van der Waals surface area contributed by atoms with Crippen molar-refractivity contribution in [2.45, 2.75) is 0 Å². The molecular formula is C18H15Cl2N5O2. The molecule has 27 heavy (non-hydrogen) atoms. The third kappa shape index (κ3) is 3.74. The van der Waals surface area contributed by atoms with Crippen molar-refractivity contribution in [1.82, 2.24) is 19.9 Å². The second kappa shape index (κ2) is 7.54. The van der Waals surface area contributed by atoms with Crippen molar-refractivity contribution in [3.05, 3.63) is 58.7 Å². The number of hydrogen-bond acceptors (Lipinski definition) is 6. The number of nitrogens with zero attached hydrogens (tertiary/aromatic N) is 5. The van der Waals surface area contributed by atoms with Gasteiger partial charge in [0.1, 0.15) is 6.26 Å². The van der Waals surface area contributed by atoms with E-state index < -0.39 is 0 Å². The van der Waals surface area contributed by atoms with E-state index in [1.165, 1.54) is 6.26 Å². The van der Waals surface area contributed by atoms with Gasteiger partial charge >= 0.3 is 0 Å². The first kappa shape index (κ1) is 17.8. The van der Waals surface area contributed by atoms with Crippen molar-refractivity contribution in [3.63, 3.8) is 0 Å². The van der Waals surface area contributed by atoms with Crippen LogP contribution < -0.4 is 4.90 Å². The van der Waals surface area contributed by atoms with Crippen molar-refractivity contribution >= 4 is 35.1 Å². The number of hydrogen-bond donors (Lipinski definition) is 0. The van der Waals surface area contributed by atoms with Crippen LogP contribution >= 0.6 is 23.2 Å². The third-order valence-electron chi connectivity index (χ3n) is 4.29. The molecule has 2 aromatic heterocycles. The largest absolute Gasteiger partial charge is 0.444 e. The van der Waals surface area contributed by atoms with E-state index in [9.17, 15) is 4.79 Å². The Morgan fingerprint density at radius 1 is 1.04 bits per heavy atom. The predicted molar refractivity (Wildman–Crippen MR) is 102 cm³/mol. The summed E-state index contributed by atoms with van der Waals surface area (Å²) in [6, 6.07) is 6.84. The number of aromatic nitrogens is 3. The molecule has 1 aliphatic heterocycles. The number of piperazine rings is 1. The van der Waals surface area contributed by atoms with Crippen LogP contribution in [0, 0.1) is 0 Å². The van der Waals surface area contributed by atoms with Gasteiger partial charge in [0.15, 0.2) is 5.69 Å². The zero-order valence-corrected chi connectivity index (χ0v) is 15.7. The van der Waals surface area contributed by atoms with Gasteiger partial charge in [0.05, 0.1) is 10.0 Å². The van der Waals surface area contributed by atoms with Crippen LogP contribution in [0.1, 0.15) is 10.5 Å². The second-order valence-electron chi connectivity index (χ2n) is 5.99. The molecule has 0 spiro atoms. The van der Waals surface area contributed by atoms with Gasteiger partial charge < -0.3 is 14.2 Å². The summed E-state index contributed by atoms with van der Waals surface area (Å²) in [4.78, 5) is 29.3. The molecule has 1 saturated heterocycles. The van der Waals surface area contributed by atoms with Crippen molar-refractivity contribution in [2.24, 2.45) is 0 Å². The third-order valence-corrected chi connectivity index (χ3v) is 5.03. The van der Waals surface area contributed by atoms with Crippen LogP contribution in [0.5, 0.6) is 0 Å². The van der Waals surface area contributed by atoms with Crippen molar-refractivity contribution in [1.29, 1.82) is 0 Å². The number of oxazole rings is 1. The van der Waals surface area contributed by atoms with E-state index in [1.807, 2.05) is 4.90 Å². The van der Waals surface area contributed by atoms with E-state index in [-0.39, 0.29) is 11.6 Å². The lowest BCUT2D eigenvalue weighted by molar-refractivity contribution is 0.0740. The lowest BCUT2D eigenvalue weighted by atomic mass is 10.2. The molecule has 0 bridgehead atoms. The van der Waals surface area contributed by atoms with Crippen LogP contribution in [0.3, 0.4) is 0 Å². The van der Waals surface area contributed by atoms with Crippen LogP contribution in [0.15, 0.2) is 47.3 Å². The fraction of sp³-hybridized carbons (Fsp3) is 0.222. The summed E-state index contributed by atoms with van der Waals surface area (Å²) in [6.45, 7) is 2.44. The van der Waals surface area contributed by atoms with Gasteiger partial charge in [-0.3, -0.25) is 4.79 Å². The van der Waals surface area contributed by atoms with Crippen LogP contribution in [-0.2, 0) is 0 Å². The molecule has 1 fully saturated rings. The van der Waals surface area contributed by atoms with E-state index in [4.69, 9.17) is 27.6 Å². The lowest BCUT2D eigenvalue weighted by Gasteiger charge is -2.34. The highest BCUT2D eigenvalue weighted by molar-refractivity contribution is 6.42. The lowest BCUT2D eigenvalue weighted by Crippen LogP contribution is -2.49. The molecule has 1 aliphatic rings. The quantitative estimate of drug-likeness (QED) is 0.666. The number of amides is 1. The molecule has 3 aromatic rings. The molecule has 0 aliphatic carbocycles. The molecule has 0 atom stereocenters. The highest BCUT2D eigenvalue weighted by Gasteiger charge is 2.25. The zero-order valence-electron chi connectivity index (χ0n) is 14.2. The molecule has 3 heterocycles. The Labute approximate surface area is 165 Å². The molecular weight excluding hydrogens is 389 g/mol. The molecule has 7 nitrogen and oxygen atoms in total. The molecule has 1 aromatic carbocycles. The first-order valence-electron chi connectivity index (χ1n) is 8.34. The molecule has 0 radical (unpaired) electrons. The number of anilines is 1. The number of rotatable bonds is 3. The Morgan fingerprint density at radius 2 is 1.78 bits per heavy atom. The standard InChI is InChI=1S/C18H15Cl2N5O2/c19-13-3-2-12(10-14(13)20)16-23-15(11-27-16)17(26)24-6-8-25(9-7-24)18-21-4-1-5-22-18/h1-5,10-11H,6-9H2. The van der Waals surface area contributed by atoms with Gasteiger partial charge in [-0.05, 0) is 24.3 Å². The topological polar surface area (TPSA) is 75.4 Å². The molecule has 0 N–H and O–H groups in total. The SMILES string of the molecule is O=C(c1coc(-c2ccc(Cl)c(Cl)c2)n1)N1CCN(c2ncccn2)CC1. The Kier molecular flexibility index (Phi) is 4.96. The van der Waals surface area contributed by atoms with Gasteiger partial charge in [-0.2, -0.15) is 0 Å². The molecule has 138 valence electrons. The summed E-state index contributed by atoms with van der Waals surface area (Å²) in [5, 5.41) is 0.850. The minimum absolute atomic E-state index is 0.168. The smallest absolute Gasteiger partial charge is 0.275 e. The summed E-state index contributed by atoms with van der Waals surface area (Å²) in [5.74, 6) is 0.833. The van der Waals surface area contributed by atoms with Gasteiger partial charge in [0.2, 0.25) is 11.8 Å². The first-order valence-corrected chi connectivity index (χ1v) is 9.09. The zero-order chi connectivity index (χ0) is 18.8. The first-order chi connectivity index (χ1) is 13.1. The normalized spacial score (nSPS) is 14.4. The van der Waals surface area contributed by atoms with Crippen LogP contribution in [0.4, 0.5) is 5.95 Å². The van der Waals surface area contributed by atoms with Crippen LogP contribution in [-0.4, -0.2) is 51.9 Å². The molecule has 4 rings (SSSR count). The fourth-order valence-electron chi connectivity index (χ4n) is 2.86. The van der Waals surface area contributed by atoms with Crippen molar-refractivity contribution < 1.29 is 9.21 Å². The minimum Gasteiger partial charge on any atom is -0.444 e. The van der Waals surface area contributed by atoms with Crippen molar-refractivity contribution in [2.75, 3.05) is 31.1 Å². The number of carbonyl (C=O) groups is 1. The second-order valence-corrected chi connectivity index (χ2v) is 6.81. The van der Waals surface area contributed by atoms with E-state index in [2.05, 4.69) is 15.0 Å². The van der Waals surface area contributed by atoms with E-state index in [0.29, 0.717) is 53.6 Å². The molecule has 0 unspecified atom stereocenters. The van der Waals surface area contributed by atoms with Gasteiger partial charge in [0.25, 0.3) is 5.91 Å². The maximum atomic E-state index is 12.7. The van der Waals surface area contributed by atoms with E-state index in [1.54, 1.807) is 41.6 Å². The average molecular weight is 404 g/mol. The predicted octanol–water partition coefficient (Wildman–Crippen LogP) is 3.40.